The molecule has 1 amide bonds. The summed E-state index contributed by atoms with van der Waals surface area (Å²) in [4.78, 5) is 18.6. The fraction of sp³-hybridized carbons (Fsp3) is 0.333. The number of hydrogen-bond acceptors (Lipinski definition) is 3. The molecular formula is C15H18ClN3O. The molecule has 1 saturated heterocycles. The van der Waals surface area contributed by atoms with Gasteiger partial charge in [-0.2, -0.15) is 0 Å². The van der Waals surface area contributed by atoms with E-state index in [-0.39, 0.29) is 24.4 Å². The van der Waals surface area contributed by atoms with Gasteiger partial charge in [-0.05, 0) is 17.4 Å². The van der Waals surface area contributed by atoms with E-state index in [9.17, 15) is 4.79 Å². The maximum atomic E-state index is 12.6. The number of nitrogens with two attached hydrogens (primary N) is 1. The summed E-state index contributed by atoms with van der Waals surface area (Å²) >= 11 is 0. The number of halogens is 1. The number of fused-ring (bicyclic) bond motifs is 1. The van der Waals surface area contributed by atoms with E-state index in [0.29, 0.717) is 24.7 Å². The number of pyridine rings is 1. The zero-order valence-electron chi connectivity index (χ0n) is 11.3. The third-order valence-corrected chi connectivity index (χ3v) is 3.83. The van der Waals surface area contributed by atoms with Crippen molar-refractivity contribution in [2.75, 3.05) is 13.1 Å². The van der Waals surface area contributed by atoms with E-state index >= 15 is 0 Å². The highest BCUT2D eigenvalue weighted by atomic mass is 35.5. The minimum atomic E-state index is -0.0170. The quantitative estimate of drug-likeness (QED) is 0.875. The molecule has 2 N–H and O–H groups in total. The highest BCUT2D eigenvalue weighted by Crippen LogP contribution is 2.21. The van der Waals surface area contributed by atoms with Gasteiger partial charge in [-0.15, -0.1) is 12.4 Å². The summed E-state index contributed by atoms with van der Waals surface area (Å²) in [6.07, 6.45) is 1.69. The molecule has 1 aliphatic rings. The molecule has 0 aliphatic carbocycles. The predicted molar refractivity (Wildman–Crippen MR) is 82.0 cm³/mol. The fourth-order valence-electron chi connectivity index (χ4n) is 2.60. The third-order valence-electron chi connectivity index (χ3n) is 3.83. The minimum Gasteiger partial charge on any atom is -0.335 e. The van der Waals surface area contributed by atoms with Crippen LogP contribution in [-0.4, -0.2) is 34.9 Å². The van der Waals surface area contributed by atoms with E-state index in [2.05, 4.69) is 11.9 Å². The van der Waals surface area contributed by atoms with E-state index in [1.54, 1.807) is 6.20 Å². The molecule has 4 nitrogen and oxygen atoms in total. The van der Waals surface area contributed by atoms with Crippen LogP contribution in [0.2, 0.25) is 0 Å². The van der Waals surface area contributed by atoms with Gasteiger partial charge in [0, 0.05) is 30.7 Å². The van der Waals surface area contributed by atoms with Crippen molar-refractivity contribution in [2.24, 2.45) is 11.7 Å². The zero-order valence-corrected chi connectivity index (χ0v) is 12.1. The third kappa shape index (κ3) is 2.49. The molecule has 1 aromatic heterocycles. The van der Waals surface area contributed by atoms with Gasteiger partial charge >= 0.3 is 0 Å². The number of hydrogen-bond donors (Lipinski definition) is 1. The summed E-state index contributed by atoms with van der Waals surface area (Å²) in [7, 11) is 0. The smallest absolute Gasteiger partial charge is 0.273 e. The molecule has 2 atom stereocenters. The van der Waals surface area contributed by atoms with Gasteiger partial charge in [0.15, 0.2) is 0 Å². The molecule has 2 aromatic rings. The number of carbonyl (C=O) groups is 1. The zero-order chi connectivity index (χ0) is 13.4. The molecule has 3 rings (SSSR count). The van der Waals surface area contributed by atoms with Crippen molar-refractivity contribution in [1.29, 1.82) is 0 Å². The average molecular weight is 292 g/mol. The van der Waals surface area contributed by atoms with Crippen LogP contribution in [0.5, 0.6) is 0 Å². The molecule has 106 valence electrons. The highest BCUT2D eigenvalue weighted by Gasteiger charge is 2.31. The summed E-state index contributed by atoms with van der Waals surface area (Å²) in [6, 6.07) is 9.81. The molecule has 0 bridgehead atoms. The van der Waals surface area contributed by atoms with Crippen LogP contribution >= 0.6 is 12.4 Å². The van der Waals surface area contributed by atoms with Crippen LogP contribution in [0.3, 0.4) is 0 Å². The molecule has 20 heavy (non-hydrogen) atoms. The largest absolute Gasteiger partial charge is 0.335 e. The van der Waals surface area contributed by atoms with Crippen molar-refractivity contribution in [3.8, 4) is 0 Å². The first-order valence-electron chi connectivity index (χ1n) is 6.55. The second-order valence-corrected chi connectivity index (χ2v) is 5.23. The predicted octanol–water partition coefficient (Wildman–Crippen LogP) is 2.08. The standard InChI is InChI=1S/C15H17N3O.ClH/c1-10-8-18(9-13(10)16)15(19)14-12-5-3-2-4-11(12)6-7-17-14;/h2-7,10,13H,8-9,16H2,1H3;1H. The van der Waals surface area contributed by atoms with Crippen molar-refractivity contribution >= 4 is 29.1 Å². The number of amides is 1. The Morgan fingerprint density at radius 3 is 2.75 bits per heavy atom. The minimum absolute atomic E-state index is 0. The molecule has 1 fully saturated rings. The molecule has 0 saturated carbocycles. The monoisotopic (exact) mass is 291 g/mol. The van der Waals surface area contributed by atoms with Gasteiger partial charge in [0.1, 0.15) is 5.69 Å². The van der Waals surface area contributed by atoms with Crippen LogP contribution < -0.4 is 5.73 Å². The van der Waals surface area contributed by atoms with Crippen molar-refractivity contribution in [2.45, 2.75) is 13.0 Å². The second kappa shape index (κ2) is 5.77. The Labute approximate surface area is 124 Å². The lowest BCUT2D eigenvalue weighted by Crippen LogP contribution is -2.32. The summed E-state index contributed by atoms with van der Waals surface area (Å²) in [5, 5.41) is 1.94. The first kappa shape index (κ1) is 14.8. The van der Waals surface area contributed by atoms with Crippen LogP contribution in [0.4, 0.5) is 0 Å². The number of likely N-dealkylation sites (tertiary alicyclic amines) is 1. The van der Waals surface area contributed by atoms with Crippen LogP contribution in [0.1, 0.15) is 17.4 Å². The van der Waals surface area contributed by atoms with Gasteiger partial charge in [0.25, 0.3) is 5.91 Å². The highest BCUT2D eigenvalue weighted by molar-refractivity contribution is 6.05. The second-order valence-electron chi connectivity index (χ2n) is 5.23. The van der Waals surface area contributed by atoms with Crippen LogP contribution in [0.15, 0.2) is 36.5 Å². The van der Waals surface area contributed by atoms with Crippen molar-refractivity contribution in [3.63, 3.8) is 0 Å². The van der Waals surface area contributed by atoms with E-state index in [4.69, 9.17) is 5.73 Å². The number of rotatable bonds is 1. The Morgan fingerprint density at radius 1 is 1.30 bits per heavy atom. The number of aromatic nitrogens is 1. The summed E-state index contributed by atoms with van der Waals surface area (Å²) < 4.78 is 0. The summed E-state index contributed by atoms with van der Waals surface area (Å²) in [5.74, 6) is 0.329. The van der Waals surface area contributed by atoms with Crippen molar-refractivity contribution in [3.05, 3.63) is 42.2 Å². The molecule has 1 aromatic carbocycles. The molecule has 5 heteroatoms. The van der Waals surface area contributed by atoms with Gasteiger partial charge in [-0.3, -0.25) is 9.78 Å². The van der Waals surface area contributed by atoms with E-state index < -0.39 is 0 Å². The average Bonchev–Trinajstić information content (AvgIpc) is 2.77. The van der Waals surface area contributed by atoms with Crippen LogP contribution in [0.25, 0.3) is 10.8 Å². The Kier molecular flexibility index (Phi) is 4.26. The Bertz CT molecular complexity index is 616. The number of benzene rings is 1. The van der Waals surface area contributed by atoms with E-state index in [1.165, 1.54) is 0 Å². The normalized spacial score (nSPS) is 21.8. The van der Waals surface area contributed by atoms with Gasteiger partial charge in [-0.1, -0.05) is 31.2 Å². The maximum absolute atomic E-state index is 12.6. The molecule has 2 unspecified atom stereocenters. The van der Waals surface area contributed by atoms with E-state index in [0.717, 1.165) is 10.8 Å². The SMILES string of the molecule is CC1CN(C(=O)c2nccc3ccccc23)CC1N.Cl. The summed E-state index contributed by atoms with van der Waals surface area (Å²) in [6.45, 7) is 3.41. The summed E-state index contributed by atoms with van der Waals surface area (Å²) in [5.41, 5.74) is 6.51. The Morgan fingerprint density at radius 2 is 2.05 bits per heavy atom. The lowest BCUT2D eigenvalue weighted by molar-refractivity contribution is 0.0783. The van der Waals surface area contributed by atoms with Crippen molar-refractivity contribution < 1.29 is 4.79 Å². The van der Waals surface area contributed by atoms with Crippen LogP contribution in [-0.2, 0) is 0 Å². The topological polar surface area (TPSA) is 59.2 Å². The molecule has 2 heterocycles. The number of nitrogens with zero attached hydrogens (tertiary/aromatic N) is 2. The molecule has 0 spiro atoms. The lowest BCUT2D eigenvalue weighted by atomic mass is 10.1. The van der Waals surface area contributed by atoms with Crippen LogP contribution in [0, 0.1) is 5.92 Å². The van der Waals surface area contributed by atoms with E-state index in [1.807, 2.05) is 35.2 Å². The van der Waals surface area contributed by atoms with Gasteiger partial charge in [0.2, 0.25) is 0 Å². The molecule has 0 radical (unpaired) electrons. The van der Waals surface area contributed by atoms with Gasteiger partial charge in [-0.25, -0.2) is 0 Å². The fourth-order valence-corrected chi connectivity index (χ4v) is 2.60. The lowest BCUT2D eigenvalue weighted by Gasteiger charge is -2.16. The molecular weight excluding hydrogens is 274 g/mol. The van der Waals surface area contributed by atoms with Gasteiger partial charge in [0.05, 0.1) is 0 Å². The molecule has 1 aliphatic heterocycles. The maximum Gasteiger partial charge on any atom is 0.273 e. The number of carbonyl (C=O) groups excluding carboxylic acids is 1. The first-order valence-corrected chi connectivity index (χ1v) is 6.55. The van der Waals surface area contributed by atoms with Crippen molar-refractivity contribution in [1.82, 2.24) is 9.88 Å². The first-order chi connectivity index (χ1) is 9.16. The Hall–Kier alpha value is -1.65. The van der Waals surface area contributed by atoms with Gasteiger partial charge < -0.3 is 10.6 Å². The Balaban J connectivity index is 0.00000147.